The molecule has 2 rings (SSSR count). The summed E-state index contributed by atoms with van der Waals surface area (Å²) in [5.41, 5.74) is 0.294. The van der Waals surface area contributed by atoms with Gasteiger partial charge in [0.2, 0.25) is 0 Å². The van der Waals surface area contributed by atoms with Crippen molar-refractivity contribution >= 4 is 28.6 Å². The third-order valence-electron chi connectivity index (χ3n) is 3.14. The van der Waals surface area contributed by atoms with Crippen LogP contribution in [0.15, 0.2) is 12.3 Å². The van der Waals surface area contributed by atoms with Gasteiger partial charge in [-0.15, -0.1) is 12.4 Å². The number of hydrogen-bond donors (Lipinski definition) is 3. The minimum absolute atomic E-state index is 0. The van der Waals surface area contributed by atoms with Crippen molar-refractivity contribution in [2.75, 3.05) is 13.1 Å². The van der Waals surface area contributed by atoms with E-state index in [0.29, 0.717) is 9.54 Å². The topological polar surface area (TPSA) is 114 Å². The fourth-order valence-corrected chi connectivity index (χ4v) is 2.99. The SMILES string of the molecule is Cl.NS(=O)(=O)n1ccc(C2CCNCC2)c1C(=O)O. The summed E-state index contributed by atoms with van der Waals surface area (Å²) in [6, 6.07) is 1.53. The summed E-state index contributed by atoms with van der Waals surface area (Å²) >= 11 is 0. The minimum Gasteiger partial charge on any atom is -0.477 e. The zero-order chi connectivity index (χ0) is 13.3. The van der Waals surface area contributed by atoms with Crippen molar-refractivity contribution in [1.29, 1.82) is 0 Å². The van der Waals surface area contributed by atoms with Gasteiger partial charge in [0.15, 0.2) is 0 Å². The van der Waals surface area contributed by atoms with Gasteiger partial charge in [0.25, 0.3) is 0 Å². The number of rotatable bonds is 3. The summed E-state index contributed by atoms with van der Waals surface area (Å²) in [6.07, 6.45) is 2.78. The van der Waals surface area contributed by atoms with Crippen LogP contribution >= 0.6 is 12.4 Å². The van der Waals surface area contributed by atoms with Crippen molar-refractivity contribution < 1.29 is 18.3 Å². The Labute approximate surface area is 117 Å². The molecule has 1 fully saturated rings. The third-order valence-corrected chi connectivity index (χ3v) is 3.99. The van der Waals surface area contributed by atoms with Crippen molar-refractivity contribution in [1.82, 2.24) is 9.29 Å². The van der Waals surface area contributed by atoms with Crippen LogP contribution in [0.25, 0.3) is 0 Å². The molecule has 9 heteroatoms. The van der Waals surface area contributed by atoms with Crippen LogP contribution in [-0.2, 0) is 10.2 Å². The highest BCUT2D eigenvalue weighted by molar-refractivity contribution is 7.87. The average molecular weight is 310 g/mol. The van der Waals surface area contributed by atoms with E-state index in [1.165, 1.54) is 12.3 Å². The lowest BCUT2D eigenvalue weighted by atomic mass is 9.90. The predicted molar refractivity (Wildman–Crippen MR) is 72.0 cm³/mol. The summed E-state index contributed by atoms with van der Waals surface area (Å²) in [5.74, 6) is -1.22. The molecular weight excluding hydrogens is 294 g/mol. The van der Waals surface area contributed by atoms with Gasteiger partial charge < -0.3 is 10.4 Å². The van der Waals surface area contributed by atoms with Crippen LogP contribution in [0.3, 0.4) is 0 Å². The Balaban J connectivity index is 0.00000180. The third kappa shape index (κ3) is 3.27. The molecule has 2 heterocycles. The normalized spacial score (nSPS) is 16.9. The van der Waals surface area contributed by atoms with Gasteiger partial charge in [-0.3, -0.25) is 0 Å². The second-order valence-corrected chi connectivity index (χ2v) is 5.71. The molecule has 0 radical (unpaired) electrons. The number of halogens is 1. The Morgan fingerprint density at radius 1 is 1.42 bits per heavy atom. The smallest absolute Gasteiger partial charge is 0.353 e. The Bertz CT molecular complexity index is 563. The summed E-state index contributed by atoms with van der Waals surface area (Å²) in [6.45, 7) is 1.59. The molecule has 0 aromatic carbocycles. The van der Waals surface area contributed by atoms with E-state index < -0.39 is 16.2 Å². The van der Waals surface area contributed by atoms with Crippen molar-refractivity contribution in [2.45, 2.75) is 18.8 Å². The standard InChI is InChI=1S/C10H15N3O4S.ClH/c11-18(16,17)13-6-3-8(9(13)10(14)15)7-1-4-12-5-2-7;/h3,6-7,12H,1-2,4-5H2,(H,14,15)(H2,11,16,17);1H. The molecule has 108 valence electrons. The molecule has 0 aliphatic carbocycles. The van der Waals surface area contributed by atoms with Crippen LogP contribution in [0, 0.1) is 0 Å². The first kappa shape index (κ1) is 16.0. The van der Waals surface area contributed by atoms with Crippen LogP contribution in [-0.4, -0.2) is 36.6 Å². The van der Waals surface area contributed by atoms with Crippen LogP contribution < -0.4 is 10.5 Å². The number of carbonyl (C=O) groups is 1. The Kier molecular flexibility index (Phi) is 4.97. The molecule has 19 heavy (non-hydrogen) atoms. The maximum absolute atomic E-state index is 11.3. The number of nitrogens with zero attached hydrogens (tertiary/aromatic N) is 1. The van der Waals surface area contributed by atoms with Gasteiger partial charge in [0, 0.05) is 6.20 Å². The molecule has 1 aromatic rings. The number of aromatic carboxylic acids is 1. The highest BCUT2D eigenvalue weighted by Crippen LogP contribution is 2.29. The molecule has 0 amide bonds. The predicted octanol–water partition coefficient (Wildman–Crippen LogP) is 0.127. The van der Waals surface area contributed by atoms with Gasteiger partial charge in [0.1, 0.15) is 5.69 Å². The highest BCUT2D eigenvalue weighted by Gasteiger charge is 2.27. The molecule has 0 unspecified atom stereocenters. The zero-order valence-corrected chi connectivity index (χ0v) is 11.7. The van der Waals surface area contributed by atoms with Crippen LogP contribution in [0.2, 0.25) is 0 Å². The number of carboxylic acids is 1. The van der Waals surface area contributed by atoms with E-state index in [0.717, 1.165) is 25.9 Å². The molecule has 1 aliphatic rings. The van der Waals surface area contributed by atoms with E-state index in [1.54, 1.807) is 0 Å². The highest BCUT2D eigenvalue weighted by atomic mass is 35.5. The maximum atomic E-state index is 11.3. The largest absolute Gasteiger partial charge is 0.477 e. The lowest BCUT2D eigenvalue weighted by molar-refractivity contribution is 0.0687. The van der Waals surface area contributed by atoms with Crippen molar-refractivity contribution in [3.05, 3.63) is 23.5 Å². The fourth-order valence-electron chi connectivity index (χ4n) is 2.32. The first-order valence-corrected chi connectivity index (χ1v) is 7.10. The number of hydrogen-bond acceptors (Lipinski definition) is 4. The molecule has 0 atom stereocenters. The molecular formula is C10H16ClN3O4S. The number of nitrogens with one attached hydrogen (secondary N) is 1. The molecule has 7 nitrogen and oxygen atoms in total. The second kappa shape index (κ2) is 5.91. The van der Waals surface area contributed by atoms with Gasteiger partial charge in [-0.05, 0) is 43.5 Å². The quantitative estimate of drug-likeness (QED) is 0.734. The molecule has 4 N–H and O–H groups in total. The van der Waals surface area contributed by atoms with Crippen LogP contribution in [0.4, 0.5) is 0 Å². The number of piperidine rings is 1. The molecule has 0 saturated carbocycles. The van der Waals surface area contributed by atoms with Crippen molar-refractivity contribution in [2.24, 2.45) is 5.14 Å². The lowest BCUT2D eigenvalue weighted by Gasteiger charge is -2.22. The lowest BCUT2D eigenvalue weighted by Crippen LogP contribution is -2.29. The average Bonchev–Trinajstić information content (AvgIpc) is 2.74. The second-order valence-electron chi connectivity index (χ2n) is 4.29. The Hall–Kier alpha value is -1.09. The van der Waals surface area contributed by atoms with E-state index in [2.05, 4.69) is 5.32 Å². The van der Waals surface area contributed by atoms with Crippen molar-refractivity contribution in [3.8, 4) is 0 Å². The molecule has 1 aliphatic heterocycles. The monoisotopic (exact) mass is 309 g/mol. The summed E-state index contributed by atoms with van der Waals surface area (Å²) in [5, 5.41) is 17.3. The molecule has 0 spiro atoms. The van der Waals surface area contributed by atoms with Gasteiger partial charge in [-0.2, -0.15) is 8.42 Å². The van der Waals surface area contributed by atoms with E-state index in [-0.39, 0.29) is 24.0 Å². The number of nitrogens with two attached hydrogens (primary N) is 1. The van der Waals surface area contributed by atoms with Gasteiger partial charge in [0.05, 0.1) is 0 Å². The van der Waals surface area contributed by atoms with Crippen LogP contribution in [0.1, 0.15) is 34.8 Å². The number of carboxylic acid groups (broad SMARTS) is 1. The minimum atomic E-state index is -4.08. The fraction of sp³-hybridized carbons (Fsp3) is 0.500. The number of aromatic nitrogens is 1. The summed E-state index contributed by atoms with van der Waals surface area (Å²) < 4.78 is 23.3. The van der Waals surface area contributed by atoms with E-state index in [9.17, 15) is 18.3 Å². The maximum Gasteiger partial charge on any atom is 0.353 e. The Morgan fingerprint density at radius 3 is 2.47 bits per heavy atom. The summed E-state index contributed by atoms with van der Waals surface area (Å²) in [7, 11) is -4.08. The Morgan fingerprint density at radius 2 is 2.00 bits per heavy atom. The van der Waals surface area contributed by atoms with Gasteiger partial charge in [-0.1, -0.05) is 0 Å². The van der Waals surface area contributed by atoms with Crippen molar-refractivity contribution in [3.63, 3.8) is 0 Å². The van der Waals surface area contributed by atoms with E-state index in [4.69, 9.17) is 5.14 Å². The van der Waals surface area contributed by atoms with Crippen LogP contribution in [0.5, 0.6) is 0 Å². The molecule has 1 aromatic heterocycles. The van der Waals surface area contributed by atoms with Gasteiger partial charge in [-0.25, -0.2) is 13.9 Å². The summed E-state index contributed by atoms with van der Waals surface area (Å²) in [4.78, 5) is 11.2. The van der Waals surface area contributed by atoms with E-state index >= 15 is 0 Å². The van der Waals surface area contributed by atoms with E-state index in [1.807, 2.05) is 0 Å². The first-order chi connectivity index (χ1) is 8.41. The van der Waals surface area contributed by atoms with Gasteiger partial charge >= 0.3 is 16.2 Å². The first-order valence-electron chi connectivity index (χ1n) is 5.60. The molecule has 1 saturated heterocycles. The molecule has 0 bridgehead atoms. The zero-order valence-electron chi connectivity index (χ0n) is 10.1.